The van der Waals surface area contributed by atoms with Gasteiger partial charge in [-0.05, 0) is 74.6 Å². The third kappa shape index (κ3) is 5.35. The molecule has 2 aromatic carbocycles. The van der Waals surface area contributed by atoms with E-state index >= 15 is 0 Å². The van der Waals surface area contributed by atoms with Gasteiger partial charge in [-0.1, -0.05) is 6.07 Å². The summed E-state index contributed by atoms with van der Waals surface area (Å²) in [7, 11) is 1.38. The SMILES string of the molecule is Cc1cc(C)cc(Oc2ccc(N=O)cc2S(=O)(=O)N(C)CCN(C)C)c1. The minimum atomic E-state index is -3.86. The Hall–Kier alpha value is -2.29. The summed E-state index contributed by atoms with van der Waals surface area (Å²) in [6.07, 6.45) is 0. The number of sulfonamides is 1. The number of likely N-dealkylation sites (N-methyl/N-ethyl adjacent to an activating group) is 2. The fourth-order valence-corrected chi connectivity index (χ4v) is 3.88. The molecule has 2 aromatic rings. The average Bonchev–Trinajstić information content (AvgIpc) is 2.58. The molecule has 0 saturated carbocycles. The van der Waals surface area contributed by atoms with Gasteiger partial charge >= 0.3 is 0 Å². The van der Waals surface area contributed by atoms with Gasteiger partial charge in [0, 0.05) is 20.1 Å². The second kappa shape index (κ2) is 8.60. The zero-order chi connectivity index (χ0) is 20.2. The highest BCUT2D eigenvalue weighted by molar-refractivity contribution is 7.89. The number of aryl methyl sites for hydroxylation is 2. The number of benzene rings is 2. The van der Waals surface area contributed by atoms with Crippen molar-refractivity contribution in [2.24, 2.45) is 5.18 Å². The summed E-state index contributed by atoms with van der Waals surface area (Å²) in [6, 6.07) is 9.78. The van der Waals surface area contributed by atoms with Crippen LogP contribution in [0.25, 0.3) is 0 Å². The van der Waals surface area contributed by atoms with Gasteiger partial charge in [0.05, 0.1) is 0 Å². The van der Waals surface area contributed by atoms with Crippen LogP contribution in [0.15, 0.2) is 46.5 Å². The number of rotatable bonds is 8. The van der Waals surface area contributed by atoms with Gasteiger partial charge in [0.2, 0.25) is 10.0 Å². The van der Waals surface area contributed by atoms with E-state index in [1.165, 1.54) is 29.6 Å². The van der Waals surface area contributed by atoms with Gasteiger partial charge in [0.25, 0.3) is 0 Å². The molecular weight excluding hydrogens is 366 g/mol. The zero-order valence-corrected chi connectivity index (χ0v) is 17.1. The Balaban J connectivity index is 2.46. The summed E-state index contributed by atoms with van der Waals surface area (Å²) in [5.41, 5.74) is 2.04. The van der Waals surface area contributed by atoms with Crippen molar-refractivity contribution in [1.29, 1.82) is 0 Å². The fraction of sp³-hybridized carbons (Fsp3) is 0.368. The Morgan fingerprint density at radius 1 is 0.963 bits per heavy atom. The molecule has 0 fully saturated rings. The molecule has 0 N–H and O–H groups in total. The largest absolute Gasteiger partial charge is 0.456 e. The molecular formula is C19H25N3O4S. The van der Waals surface area contributed by atoms with Crippen molar-refractivity contribution in [3.63, 3.8) is 0 Å². The Morgan fingerprint density at radius 2 is 1.59 bits per heavy atom. The van der Waals surface area contributed by atoms with Gasteiger partial charge in [-0.15, -0.1) is 4.91 Å². The van der Waals surface area contributed by atoms with Gasteiger partial charge in [-0.2, -0.15) is 4.31 Å². The number of nitrogens with zero attached hydrogens (tertiary/aromatic N) is 3. The number of hydrogen-bond acceptors (Lipinski definition) is 6. The molecule has 8 heteroatoms. The van der Waals surface area contributed by atoms with Gasteiger partial charge in [-0.25, -0.2) is 8.42 Å². The summed E-state index contributed by atoms with van der Waals surface area (Å²) in [5, 5.41) is 2.86. The molecule has 0 aliphatic heterocycles. The van der Waals surface area contributed by atoms with Crippen LogP contribution < -0.4 is 4.74 Å². The van der Waals surface area contributed by atoms with Crippen LogP contribution in [-0.2, 0) is 10.0 Å². The highest BCUT2D eigenvalue weighted by Crippen LogP contribution is 2.34. The van der Waals surface area contributed by atoms with E-state index in [1.54, 1.807) is 0 Å². The standard InChI is InChI=1S/C19H25N3O4S/c1-14-10-15(2)12-17(11-14)26-18-7-6-16(20-23)13-19(18)27(24,25)22(5)9-8-21(3)4/h6-7,10-13H,8-9H2,1-5H3. The van der Waals surface area contributed by atoms with Crippen molar-refractivity contribution in [3.05, 3.63) is 52.4 Å². The smallest absolute Gasteiger partial charge is 0.246 e. The van der Waals surface area contributed by atoms with Crippen LogP contribution in [0.2, 0.25) is 0 Å². The summed E-state index contributed by atoms with van der Waals surface area (Å²) in [5.74, 6) is 0.691. The monoisotopic (exact) mass is 391 g/mol. The maximum Gasteiger partial charge on any atom is 0.246 e. The number of nitroso groups, excluding NO2 is 1. The van der Waals surface area contributed by atoms with Crippen LogP contribution in [-0.4, -0.2) is 51.9 Å². The first-order valence-corrected chi connectivity index (χ1v) is 9.92. The number of ether oxygens (including phenoxy) is 1. The minimum Gasteiger partial charge on any atom is -0.456 e. The Morgan fingerprint density at radius 3 is 2.15 bits per heavy atom. The van der Waals surface area contributed by atoms with E-state index in [1.807, 2.05) is 51.0 Å². The summed E-state index contributed by atoms with van der Waals surface area (Å²) < 4.78 is 33.2. The first kappa shape index (κ1) is 21.0. The maximum atomic E-state index is 13.0. The predicted molar refractivity (Wildman–Crippen MR) is 106 cm³/mol. The molecule has 0 spiro atoms. The summed E-state index contributed by atoms with van der Waals surface area (Å²) in [4.78, 5) is 12.7. The Bertz CT molecular complexity index is 906. The molecule has 7 nitrogen and oxygen atoms in total. The van der Waals surface area contributed by atoms with Gasteiger partial charge < -0.3 is 9.64 Å². The fourth-order valence-electron chi connectivity index (χ4n) is 2.59. The first-order chi connectivity index (χ1) is 12.6. The lowest BCUT2D eigenvalue weighted by Crippen LogP contribution is -2.33. The van der Waals surface area contributed by atoms with Crippen molar-refractivity contribution in [2.45, 2.75) is 18.7 Å². The quantitative estimate of drug-likeness (QED) is 0.642. The van der Waals surface area contributed by atoms with E-state index in [0.29, 0.717) is 18.8 Å². The Labute approximate surface area is 160 Å². The van der Waals surface area contributed by atoms with E-state index in [4.69, 9.17) is 4.74 Å². The Kier molecular flexibility index (Phi) is 6.69. The second-order valence-corrected chi connectivity index (χ2v) is 8.79. The molecule has 0 aliphatic rings. The highest BCUT2D eigenvalue weighted by atomic mass is 32.2. The third-order valence-corrected chi connectivity index (χ3v) is 5.88. The van der Waals surface area contributed by atoms with E-state index in [2.05, 4.69) is 5.18 Å². The normalized spacial score (nSPS) is 11.8. The number of hydrogen-bond donors (Lipinski definition) is 0. The predicted octanol–water partition coefficient (Wildman–Crippen LogP) is 3.68. The van der Waals surface area contributed by atoms with Crippen LogP contribution in [0.5, 0.6) is 11.5 Å². The van der Waals surface area contributed by atoms with Gasteiger partial charge in [0.15, 0.2) is 0 Å². The topological polar surface area (TPSA) is 79.3 Å². The first-order valence-electron chi connectivity index (χ1n) is 8.48. The van der Waals surface area contributed by atoms with Crippen LogP contribution in [0.3, 0.4) is 0 Å². The molecule has 0 heterocycles. The molecule has 2 rings (SSSR count). The molecule has 27 heavy (non-hydrogen) atoms. The van der Waals surface area contributed by atoms with Crippen molar-refractivity contribution >= 4 is 15.7 Å². The maximum absolute atomic E-state index is 13.0. The van der Waals surface area contributed by atoms with E-state index in [0.717, 1.165) is 11.1 Å². The molecule has 0 atom stereocenters. The lowest BCUT2D eigenvalue weighted by Gasteiger charge is -2.21. The second-order valence-electron chi connectivity index (χ2n) is 6.78. The molecule has 0 unspecified atom stereocenters. The van der Waals surface area contributed by atoms with Crippen molar-refractivity contribution in [3.8, 4) is 11.5 Å². The summed E-state index contributed by atoms with van der Waals surface area (Å²) in [6.45, 7) is 4.74. The third-order valence-electron chi connectivity index (χ3n) is 4.01. The molecule has 146 valence electrons. The van der Waals surface area contributed by atoms with Gasteiger partial charge in [-0.3, -0.25) is 0 Å². The molecule has 0 saturated heterocycles. The molecule has 0 amide bonds. The van der Waals surface area contributed by atoms with Crippen molar-refractivity contribution in [2.75, 3.05) is 34.2 Å². The molecule has 0 aromatic heterocycles. The van der Waals surface area contributed by atoms with Crippen LogP contribution in [0, 0.1) is 18.8 Å². The zero-order valence-electron chi connectivity index (χ0n) is 16.3. The molecule has 0 radical (unpaired) electrons. The van der Waals surface area contributed by atoms with Crippen molar-refractivity contribution < 1.29 is 13.2 Å². The summed E-state index contributed by atoms with van der Waals surface area (Å²) >= 11 is 0. The van der Waals surface area contributed by atoms with Crippen LogP contribution in [0.4, 0.5) is 5.69 Å². The molecule has 0 aliphatic carbocycles. The lowest BCUT2D eigenvalue weighted by molar-refractivity contribution is 0.357. The van der Waals surface area contributed by atoms with Crippen molar-refractivity contribution in [1.82, 2.24) is 9.21 Å². The van der Waals surface area contributed by atoms with E-state index < -0.39 is 10.0 Å². The van der Waals surface area contributed by atoms with Crippen LogP contribution in [0.1, 0.15) is 11.1 Å². The van der Waals surface area contributed by atoms with E-state index in [9.17, 15) is 13.3 Å². The van der Waals surface area contributed by atoms with Crippen LogP contribution >= 0.6 is 0 Å². The highest BCUT2D eigenvalue weighted by Gasteiger charge is 2.26. The average molecular weight is 391 g/mol. The van der Waals surface area contributed by atoms with E-state index in [-0.39, 0.29) is 16.3 Å². The van der Waals surface area contributed by atoms with Gasteiger partial charge in [0.1, 0.15) is 22.1 Å². The lowest BCUT2D eigenvalue weighted by atomic mass is 10.1. The molecule has 0 bridgehead atoms. The minimum absolute atomic E-state index is 0.0300.